The van der Waals surface area contributed by atoms with Crippen molar-refractivity contribution >= 4 is 5.91 Å². The number of halogens is 1. The Hall–Kier alpha value is -1.46. The molecule has 1 aromatic rings. The van der Waals surface area contributed by atoms with Crippen molar-refractivity contribution in [1.29, 1.82) is 0 Å². The summed E-state index contributed by atoms with van der Waals surface area (Å²) >= 11 is 0. The lowest BCUT2D eigenvalue weighted by Gasteiger charge is -2.24. The second kappa shape index (κ2) is 5.93. The Bertz CT molecular complexity index is 425. The Labute approximate surface area is 106 Å². The number of carbonyl (C=O) groups is 1. The van der Waals surface area contributed by atoms with Crippen molar-refractivity contribution in [2.75, 3.05) is 26.8 Å². The fourth-order valence-electron chi connectivity index (χ4n) is 2.15. The normalized spacial score (nSPS) is 19.6. The summed E-state index contributed by atoms with van der Waals surface area (Å²) in [6.07, 6.45) is 0.380. The van der Waals surface area contributed by atoms with Crippen LogP contribution in [0, 0.1) is 5.82 Å². The van der Waals surface area contributed by atoms with E-state index in [2.05, 4.69) is 5.32 Å². The van der Waals surface area contributed by atoms with Crippen molar-refractivity contribution in [1.82, 2.24) is 10.2 Å². The largest absolute Gasteiger partial charge is 0.385 e. The lowest BCUT2D eigenvalue weighted by Crippen LogP contribution is -2.32. The Morgan fingerprint density at radius 3 is 3.00 bits per heavy atom. The van der Waals surface area contributed by atoms with E-state index in [0.717, 1.165) is 6.42 Å². The van der Waals surface area contributed by atoms with Gasteiger partial charge in [0.15, 0.2) is 0 Å². The molecule has 0 bridgehead atoms. The number of nitrogens with one attached hydrogen (secondary N) is 1. The van der Waals surface area contributed by atoms with Crippen molar-refractivity contribution in [3.8, 4) is 0 Å². The van der Waals surface area contributed by atoms with Gasteiger partial charge in [0.05, 0.1) is 6.54 Å². The van der Waals surface area contributed by atoms with Crippen LogP contribution in [0.25, 0.3) is 0 Å². The van der Waals surface area contributed by atoms with E-state index in [1.54, 1.807) is 30.2 Å². The van der Waals surface area contributed by atoms with Gasteiger partial charge in [-0.25, -0.2) is 4.39 Å². The molecule has 0 saturated carbocycles. The van der Waals surface area contributed by atoms with Gasteiger partial charge in [-0.3, -0.25) is 10.1 Å². The van der Waals surface area contributed by atoms with Crippen LogP contribution in [0.5, 0.6) is 0 Å². The van der Waals surface area contributed by atoms with Gasteiger partial charge in [0.25, 0.3) is 0 Å². The first-order chi connectivity index (χ1) is 8.74. The van der Waals surface area contributed by atoms with Crippen LogP contribution in [0.1, 0.15) is 18.2 Å². The quantitative estimate of drug-likeness (QED) is 0.803. The predicted octanol–water partition coefficient (Wildman–Crippen LogP) is 1.29. The highest BCUT2D eigenvalue weighted by atomic mass is 19.1. The lowest BCUT2D eigenvalue weighted by molar-refractivity contribution is -0.128. The van der Waals surface area contributed by atoms with E-state index in [-0.39, 0.29) is 24.4 Å². The molecule has 4 nitrogen and oxygen atoms in total. The molecule has 1 heterocycles. The summed E-state index contributed by atoms with van der Waals surface area (Å²) in [5, 5.41) is 3.04. The number of benzene rings is 1. The van der Waals surface area contributed by atoms with Crippen LogP contribution in [0.4, 0.5) is 4.39 Å². The minimum absolute atomic E-state index is 0.000596. The first-order valence-corrected chi connectivity index (χ1v) is 6.00. The fraction of sp³-hybridized carbons (Fsp3) is 0.462. The molecule has 0 spiro atoms. The van der Waals surface area contributed by atoms with E-state index in [9.17, 15) is 9.18 Å². The Balaban J connectivity index is 2.11. The van der Waals surface area contributed by atoms with Gasteiger partial charge in [0.1, 0.15) is 12.0 Å². The molecule has 1 unspecified atom stereocenters. The summed E-state index contributed by atoms with van der Waals surface area (Å²) in [5.41, 5.74) is 0.515. The second-order valence-electron chi connectivity index (χ2n) is 4.24. The molecule has 1 aromatic carbocycles. The minimum atomic E-state index is -0.365. The topological polar surface area (TPSA) is 41.6 Å². The average Bonchev–Trinajstić information content (AvgIpc) is 2.72. The minimum Gasteiger partial charge on any atom is -0.385 e. The summed E-state index contributed by atoms with van der Waals surface area (Å²) in [4.78, 5) is 13.4. The summed E-state index contributed by atoms with van der Waals surface area (Å²) in [7, 11) is 1.62. The zero-order valence-electron chi connectivity index (χ0n) is 10.4. The number of hydrogen-bond donors (Lipinski definition) is 1. The summed E-state index contributed by atoms with van der Waals surface area (Å²) in [6.45, 7) is 1.42. The van der Waals surface area contributed by atoms with Gasteiger partial charge in [0.2, 0.25) is 5.91 Å². The summed E-state index contributed by atoms with van der Waals surface area (Å²) in [6, 6.07) is 6.53. The molecule has 1 aliphatic rings. The first-order valence-electron chi connectivity index (χ1n) is 6.00. The molecule has 98 valence electrons. The summed E-state index contributed by atoms with van der Waals surface area (Å²) in [5.74, 6) is -0.291. The van der Waals surface area contributed by atoms with E-state index >= 15 is 0 Å². The molecule has 5 heteroatoms. The van der Waals surface area contributed by atoms with Gasteiger partial charge >= 0.3 is 0 Å². The van der Waals surface area contributed by atoms with Crippen LogP contribution in [-0.4, -0.2) is 37.6 Å². The zero-order chi connectivity index (χ0) is 13.0. The molecular weight excluding hydrogens is 235 g/mol. The Kier molecular flexibility index (Phi) is 4.28. The first kappa shape index (κ1) is 13.0. The average molecular weight is 252 g/mol. The van der Waals surface area contributed by atoms with Gasteiger partial charge in [0, 0.05) is 25.8 Å². The van der Waals surface area contributed by atoms with Crippen LogP contribution in [0.3, 0.4) is 0 Å². The molecule has 1 amide bonds. The van der Waals surface area contributed by atoms with Crippen molar-refractivity contribution in [2.45, 2.75) is 12.6 Å². The fourth-order valence-corrected chi connectivity index (χ4v) is 2.15. The maximum atomic E-state index is 13.7. The maximum Gasteiger partial charge on any atom is 0.238 e. The molecule has 1 N–H and O–H groups in total. The number of carbonyl (C=O) groups excluding carboxylic acids is 1. The molecule has 18 heavy (non-hydrogen) atoms. The van der Waals surface area contributed by atoms with E-state index in [4.69, 9.17) is 4.74 Å². The lowest BCUT2D eigenvalue weighted by atomic mass is 10.1. The molecular formula is C13H17FN2O2. The standard InChI is InChI=1S/C13H17FN2O2/c1-18-8-4-7-16-12(17)9-15-13(16)10-5-2-3-6-11(10)14/h2-3,5-6,13,15H,4,7-9H2,1H3. The molecule has 1 atom stereocenters. The van der Waals surface area contributed by atoms with E-state index < -0.39 is 0 Å². The maximum absolute atomic E-state index is 13.7. The van der Waals surface area contributed by atoms with Crippen LogP contribution < -0.4 is 5.32 Å². The van der Waals surface area contributed by atoms with E-state index in [1.165, 1.54) is 6.07 Å². The highest BCUT2D eigenvalue weighted by molar-refractivity contribution is 5.80. The molecule has 2 rings (SSSR count). The van der Waals surface area contributed by atoms with Gasteiger partial charge in [-0.05, 0) is 12.5 Å². The molecule has 1 aliphatic heterocycles. The van der Waals surface area contributed by atoms with E-state index in [1.807, 2.05) is 0 Å². The molecule has 0 aliphatic carbocycles. The van der Waals surface area contributed by atoms with Gasteiger partial charge < -0.3 is 9.64 Å². The zero-order valence-corrected chi connectivity index (χ0v) is 10.4. The molecule has 1 saturated heterocycles. The third-order valence-electron chi connectivity index (χ3n) is 3.03. The molecule has 1 fully saturated rings. The second-order valence-corrected chi connectivity index (χ2v) is 4.24. The van der Waals surface area contributed by atoms with Crippen LogP contribution in [0.15, 0.2) is 24.3 Å². The number of methoxy groups -OCH3 is 1. The third-order valence-corrected chi connectivity index (χ3v) is 3.03. The monoisotopic (exact) mass is 252 g/mol. The Morgan fingerprint density at radius 2 is 2.28 bits per heavy atom. The number of rotatable bonds is 5. The highest BCUT2D eigenvalue weighted by Gasteiger charge is 2.32. The third kappa shape index (κ3) is 2.68. The van der Waals surface area contributed by atoms with Crippen molar-refractivity contribution in [3.05, 3.63) is 35.6 Å². The Morgan fingerprint density at radius 1 is 1.50 bits per heavy atom. The van der Waals surface area contributed by atoms with Gasteiger partial charge in [-0.2, -0.15) is 0 Å². The van der Waals surface area contributed by atoms with E-state index in [0.29, 0.717) is 18.7 Å². The molecule has 0 aromatic heterocycles. The van der Waals surface area contributed by atoms with Crippen LogP contribution in [0.2, 0.25) is 0 Å². The highest BCUT2D eigenvalue weighted by Crippen LogP contribution is 2.24. The van der Waals surface area contributed by atoms with Gasteiger partial charge in [-0.1, -0.05) is 18.2 Å². The predicted molar refractivity (Wildman–Crippen MR) is 65.3 cm³/mol. The van der Waals surface area contributed by atoms with Crippen molar-refractivity contribution in [2.24, 2.45) is 0 Å². The number of amides is 1. The number of ether oxygens (including phenoxy) is 1. The van der Waals surface area contributed by atoms with Crippen molar-refractivity contribution < 1.29 is 13.9 Å². The SMILES string of the molecule is COCCCN1C(=O)CNC1c1ccccc1F. The van der Waals surface area contributed by atoms with Crippen LogP contribution >= 0.6 is 0 Å². The van der Waals surface area contributed by atoms with Crippen LogP contribution in [-0.2, 0) is 9.53 Å². The summed E-state index contributed by atoms with van der Waals surface area (Å²) < 4.78 is 18.7. The van der Waals surface area contributed by atoms with Crippen molar-refractivity contribution in [3.63, 3.8) is 0 Å². The molecule has 0 radical (unpaired) electrons. The van der Waals surface area contributed by atoms with Gasteiger partial charge in [-0.15, -0.1) is 0 Å². The number of nitrogens with zero attached hydrogens (tertiary/aromatic N) is 1. The number of hydrogen-bond acceptors (Lipinski definition) is 3. The smallest absolute Gasteiger partial charge is 0.238 e.